The van der Waals surface area contributed by atoms with Gasteiger partial charge in [-0.25, -0.2) is 0 Å². The minimum Gasteiger partial charge on any atom is -0.497 e. The summed E-state index contributed by atoms with van der Waals surface area (Å²) in [5, 5.41) is 8.52. The van der Waals surface area contributed by atoms with Crippen molar-refractivity contribution < 1.29 is 14.6 Å². The van der Waals surface area contributed by atoms with E-state index in [1.165, 1.54) is 11.8 Å². The third-order valence-corrected chi connectivity index (χ3v) is 3.52. The number of carboxylic acids is 1. The molecule has 0 fully saturated rings. The highest BCUT2D eigenvalue weighted by molar-refractivity contribution is 8.01. The van der Waals surface area contributed by atoms with Crippen LogP contribution in [0.1, 0.15) is 5.56 Å². The standard InChI is InChI=1S/C10H10O3S/c1-13-7-2-3-8-6(4-7)5-9(14-8)10(11)12/h2-4,9H,5H2,1H3,(H,11,12). The summed E-state index contributed by atoms with van der Waals surface area (Å²) in [7, 11) is 1.61. The van der Waals surface area contributed by atoms with Crippen LogP contribution in [0.5, 0.6) is 5.75 Å². The van der Waals surface area contributed by atoms with E-state index in [1.54, 1.807) is 7.11 Å². The molecule has 0 saturated heterocycles. The van der Waals surface area contributed by atoms with E-state index >= 15 is 0 Å². The summed E-state index contributed by atoms with van der Waals surface area (Å²) in [6.07, 6.45) is 0.590. The number of methoxy groups -OCH3 is 1. The number of thioether (sulfide) groups is 1. The molecule has 0 radical (unpaired) electrons. The van der Waals surface area contributed by atoms with Crippen molar-refractivity contribution >= 4 is 17.7 Å². The molecule has 0 amide bonds. The number of hydrogen-bond donors (Lipinski definition) is 1. The molecule has 14 heavy (non-hydrogen) atoms. The van der Waals surface area contributed by atoms with Gasteiger partial charge in [-0.05, 0) is 30.2 Å². The van der Waals surface area contributed by atoms with Gasteiger partial charge in [-0.15, -0.1) is 11.8 Å². The Bertz CT molecular complexity index is 376. The molecule has 1 atom stereocenters. The van der Waals surface area contributed by atoms with E-state index in [2.05, 4.69) is 0 Å². The monoisotopic (exact) mass is 210 g/mol. The van der Waals surface area contributed by atoms with Crippen molar-refractivity contribution in [2.75, 3.05) is 7.11 Å². The van der Waals surface area contributed by atoms with Crippen LogP contribution in [0.15, 0.2) is 23.1 Å². The Morgan fingerprint density at radius 2 is 2.43 bits per heavy atom. The van der Waals surface area contributed by atoms with Gasteiger partial charge in [0.05, 0.1) is 7.11 Å². The fraction of sp³-hybridized carbons (Fsp3) is 0.300. The van der Waals surface area contributed by atoms with Gasteiger partial charge in [0.15, 0.2) is 0 Å². The van der Waals surface area contributed by atoms with E-state index in [0.29, 0.717) is 6.42 Å². The maximum atomic E-state index is 10.8. The van der Waals surface area contributed by atoms with Crippen molar-refractivity contribution in [1.29, 1.82) is 0 Å². The molecule has 1 N–H and O–H groups in total. The molecule has 1 aliphatic rings. The summed E-state index contributed by atoms with van der Waals surface area (Å²) >= 11 is 1.41. The average molecular weight is 210 g/mol. The highest BCUT2D eigenvalue weighted by Crippen LogP contribution is 2.38. The summed E-state index contributed by atoms with van der Waals surface area (Å²) in [6, 6.07) is 5.68. The van der Waals surface area contributed by atoms with E-state index in [0.717, 1.165) is 16.2 Å². The maximum Gasteiger partial charge on any atom is 0.317 e. The highest BCUT2D eigenvalue weighted by atomic mass is 32.2. The van der Waals surface area contributed by atoms with Crippen LogP contribution in [0.2, 0.25) is 0 Å². The van der Waals surface area contributed by atoms with Crippen LogP contribution in [-0.4, -0.2) is 23.4 Å². The number of carboxylic acid groups (broad SMARTS) is 1. The lowest BCUT2D eigenvalue weighted by Crippen LogP contribution is -2.14. The second kappa shape index (κ2) is 3.53. The van der Waals surface area contributed by atoms with Gasteiger partial charge in [0.25, 0.3) is 0 Å². The molecule has 1 aromatic rings. The molecule has 0 aliphatic carbocycles. The van der Waals surface area contributed by atoms with Crippen molar-refractivity contribution in [3.05, 3.63) is 23.8 Å². The number of ether oxygens (including phenoxy) is 1. The topological polar surface area (TPSA) is 46.5 Å². The van der Waals surface area contributed by atoms with E-state index in [9.17, 15) is 4.79 Å². The number of aliphatic carboxylic acids is 1. The normalized spacial score (nSPS) is 19.1. The average Bonchev–Trinajstić information content (AvgIpc) is 2.59. The van der Waals surface area contributed by atoms with Crippen LogP contribution >= 0.6 is 11.8 Å². The van der Waals surface area contributed by atoms with Crippen LogP contribution in [0.3, 0.4) is 0 Å². The van der Waals surface area contributed by atoms with Gasteiger partial charge in [0.1, 0.15) is 11.0 Å². The molecule has 3 nitrogen and oxygen atoms in total. The lowest BCUT2D eigenvalue weighted by atomic mass is 10.1. The number of rotatable bonds is 2. The Morgan fingerprint density at radius 3 is 3.07 bits per heavy atom. The van der Waals surface area contributed by atoms with Crippen molar-refractivity contribution in [2.45, 2.75) is 16.6 Å². The van der Waals surface area contributed by atoms with Crippen molar-refractivity contribution in [3.8, 4) is 5.75 Å². The van der Waals surface area contributed by atoms with E-state index in [4.69, 9.17) is 9.84 Å². The lowest BCUT2D eigenvalue weighted by Gasteiger charge is -2.01. The molecular formula is C10H10O3S. The smallest absolute Gasteiger partial charge is 0.317 e. The minimum atomic E-state index is -0.745. The van der Waals surface area contributed by atoms with Crippen LogP contribution in [-0.2, 0) is 11.2 Å². The van der Waals surface area contributed by atoms with Crippen LogP contribution in [0.25, 0.3) is 0 Å². The zero-order chi connectivity index (χ0) is 10.1. The van der Waals surface area contributed by atoms with Crippen molar-refractivity contribution in [1.82, 2.24) is 0 Å². The number of fused-ring (bicyclic) bond motifs is 1. The Morgan fingerprint density at radius 1 is 1.64 bits per heavy atom. The molecule has 1 unspecified atom stereocenters. The van der Waals surface area contributed by atoms with Crippen molar-refractivity contribution in [3.63, 3.8) is 0 Å². The summed E-state index contributed by atoms with van der Waals surface area (Å²) < 4.78 is 5.08. The Labute approximate surface area is 86.1 Å². The first-order valence-electron chi connectivity index (χ1n) is 4.27. The molecule has 1 aliphatic heterocycles. The van der Waals surface area contributed by atoms with E-state index < -0.39 is 5.97 Å². The number of hydrogen-bond acceptors (Lipinski definition) is 3. The third-order valence-electron chi connectivity index (χ3n) is 2.22. The first kappa shape index (κ1) is 9.40. The summed E-state index contributed by atoms with van der Waals surface area (Å²) in [5.74, 6) is 0.0422. The van der Waals surface area contributed by atoms with Gasteiger partial charge in [-0.1, -0.05) is 0 Å². The van der Waals surface area contributed by atoms with Crippen LogP contribution in [0, 0.1) is 0 Å². The molecule has 1 aromatic carbocycles. The molecule has 4 heteroatoms. The maximum absolute atomic E-state index is 10.8. The van der Waals surface area contributed by atoms with Crippen LogP contribution < -0.4 is 4.74 Å². The molecule has 0 saturated carbocycles. The SMILES string of the molecule is COc1ccc2c(c1)CC(C(=O)O)S2. The van der Waals surface area contributed by atoms with Crippen LogP contribution in [0.4, 0.5) is 0 Å². The van der Waals surface area contributed by atoms with E-state index in [-0.39, 0.29) is 5.25 Å². The molecule has 0 spiro atoms. The molecule has 0 aromatic heterocycles. The fourth-order valence-corrected chi connectivity index (χ4v) is 2.60. The predicted molar refractivity (Wildman–Crippen MR) is 54.0 cm³/mol. The first-order valence-corrected chi connectivity index (χ1v) is 5.15. The van der Waals surface area contributed by atoms with Gasteiger partial charge >= 0.3 is 5.97 Å². The van der Waals surface area contributed by atoms with Gasteiger partial charge in [0, 0.05) is 4.90 Å². The summed E-state index contributed by atoms with van der Waals surface area (Å²) in [4.78, 5) is 11.8. The van der Waals surface area contributed by atoms with Gasteiger partial charge in [0.2, 0.25) is 0 Å². The third kappa shape index (κ3) is 1.57. The quantitative estimate of drug-likeness (QED) is 0.808. The Kier molecular flexibility index (Phi) is 2.37. The zero-order valence-electron chi connectivity index (χ0n) is 7.69. The molecule has 74 valence electrons. The van der Waals surface area contributed by atoms with Crippen molar-refractivity contribution in [2.24, 2.45) is 0 Å². The fourth-order valence-electron chi connectivity index (χ4n) is 1.49. The number of carbonyl (C=O) groups is 1. The molecule has 1 heterocycles. The van der Waals surface area contributed by atoms with Gasteiger partial charge in [-0.2, -0.15) is 0 Å². The largest absolute Gasteiger partial charge is 0.497 e. The summed E-state index contributed by atoms with van der Waals surface area (Å²) in [5.41, 5.74) is 1.07. The minimum absolute atomic E-state index is 0.336. The summed E-state index contributed by atoms with van der Waals surface area (Å²) in [6.45, 7) is 0. The second-order valence-corrected chi connectivity index (χ2v) is 4.37. The Balaban J connectivity index is 2.27. The predicted octanol–water partition coefficient (Wildman–Crippen LogP) is 1.80. The van der Waals surface area contributed by atoms with Gasteiger partial charge in [-0.3, -0.25) is 4.79 Å². The number of benzene rings is 1. The highest BCUT2D eigenvalue weighted by Gasteiger charge is 2.27. The molecule has 0 bridgehead atoms. The zero-order valence-corrected chi connectivity index (χ0v) is 8.50. The molecule has 2 rings (SSSR count). The Hall–Kier alpha value is -1.16. The molecular weight excluding hydrogens is 200 g/mol. The lowest BCUT2D eigenvalue weighted by molar-refractivity contribution is -0.136. The van der Waals surface area contributed by atoms with E-state index in [1.807, 2.05) is 18.2 Å². The second-order valence-electron chi connectivity index (χ2n) is 3.12. The first-order chi connectivity index (χ1) is 6.70. The van der Waals surface area contributed by atoms with Gasteiger partial charge < -0.3 is 9.84 Å².